The van der Waals surface area contributed by atoms with Crippen molar-refractivity contribution < 1.29 is 14.7 Å². The van der Waals surface area contributed by atoms with E-state index < -0.39 is 5.97 Å². The van der Waals surface area contributed by atoms with Gasteiger partial charge in [-0.25, -0.2) is 4.79 Å². The van der Waals surface area contributed by atoms with E-state index in [1.807, 2.05) is 6.92 Å². The fourth-order valence-electron chi connectivity index (χ4n) is 3.06. The van der Waals surface area contributed by atoms with E-state index in [2.05, 4.69) is 15.5 Å². The summed E-state index contributed by atoms with van der Waals surface area (Å²) in [6, 6.07) is -0.0829. The van der Waals surface area contributed by atoms with E-state index in [1.165, 1.54) is 0 Å². The number of carboxylic acid groups (broad SMARTS) is 1. The zero-order chi connectivity index (χ0) is 15.2. The number of likely N-dealkylation sites (tertiary alicyclic amines) is 1. The molecule has 2 heterocycles. The fraction of sp³-hybridized carbons (Fsp3) is 0.857. The Morgan fingerprint density at radius 1 is 1.29 bits per heavy atom. The highest BCUT2D eigenvalue weighted by Crippen LogP contribution is 2.22. The number of nitrogens with one attached hydrogen (secondary N) is 2. The minimum absolute atomic E-state index is 0.0148. The summed E-state index contributed by atoms with van der Waals surface area (Å²) in [6.45, 7) is 8.02. The van der Waals surface area contributed by atoms with Crippen LogP contribution in [-0.4, -0.2) is 78.8 Å². The standard InChI is InChI=1S/C14H26N4O3/c1-11-10-12(13(19)20)2-6-18(11)14(21)16-5-9-17-7-3-15-4-8-17/h11-12,15H,2-10H2,1H3,(H,16,21)(H,19,20). The van der Waals surface area contributed by atoms with Crippen molar-refractivity contribution in [2.45, 2.75) is 25.8 Å². The maximum absolute atomic E-state index is 12.2. The Hall–Kier alpha value is -1.34. The van der Waals surface area contributed by atoms with E-state index in [4.69, 9.17) is 5.11 Å². The predicted molar refractivity (Wildman–Crippen MR) is 79.2 cm³/mol. The molecule has 120 valence electrons. The van der Waals surface area contributed by atoms with Crippen molar-refractivity contribution in [3.05, 3.63) is 0 Å². The number of hydrogen-bond donors (Lipinski definition) is 3. The molecule has 0 saturated carbocycles. The van der Waals surface area contributed by atoms with Crippen LogP contribution in [0.4, 0.5) is 4.79 Å². The van der Waals surface area contributed by atoms with Crippen molar-refractivity contribution in [3.8, 4) is 0 Å². The lowest BCUT2D eigenvalue weighted by molar-refractivity contribution is -0.143. The zero-order valence-electron chi connectivity index (χ0n) is 12.7. The van der Waals surface area contributed by atoms with Crippen LogP contribution in [0.5, 0.6) is 0 Å². The molecule has 3 N–H and O–H groups in total. The van der Waals surface area contributed by atoms with E-state index in [0.717, 1.165) is 32.7 Å². The van der Waals surface area contributed by atoms with E-state index in [0.29, 0.717) is 25.9 Å². The lowest BCUT2D eigenvalue weighted by atomic mass is 9.92. The second kappa shape index (κ2) is 7.61. The lowest BCUT2D eigenvalue weighted by Gasteiger charge is -2.36. The van der Waals surface area contributed by atoms with Gasteiger partial charge in [0, 0.05) is 51.9 Å². The van der Waals surface area contributed by atoms with Crippen LogP contribution < -0.4 is 10.6 Å². The Kier molecular flexibility index (Phi) is 5.81. The fourth-order valence-corrected chi connectivity index (χ4v) is 3.06. The number of piperidine rings is 1. The number of piperazine rings is 1. The maximum atomic E-state index is 12.2. The molecule has 2 atom stereocenters. The summed E-state index contributed by atoms with van der Waals surface area (Å²) in [6.07, 6.45) is 1.09. The molecular weight excluding hydrogens is 272 g/mol. The first kappa shape index (κ1) is 16.0. The first-order valence-electron chi connectivity index (χ1n) is 7.78. The number of amides is 2. The van der Waals surface area contributed by atoms with Gasteiger partial charge in [-0.15, -0.1) is 0 Å². The van der Waals surface area contributed by atoms with Crippen molar-refractivity contribution in [3.63, 3.8) is 0 Å². The largest absolute Gasteiger partial charge is 0.481 e. The van der Waals surface area contributed by atoms with Gasteiger partial charge < -0.3 is 20.6 Å². The first-order chi connectivity index (χ1) is 10.1. The van der Waals surface area contributed by atoms with Crippen LogP contribution in [0.2, 0.25) is 0 Å². The van der Waals surface area contributed by atoms with Crippen LogP contribution in [-0.2, 0) is 4.79 Å². The Morgan fingerprint density at radius 2 is 2.00 bits per heavy atom. The van der Waals surface area contributed by atoms with Gasteiger partial charge in [0.05, 0.1) is 5.92 Å². The van der Waals surface area contributed by atoms with E-state index >= 15 is 0 Å². The third-order valence-corrected chi connectivity index (χ3v) is 4.40. The molecule has 0 radical (unpaired) electrons. The topological polar surface area (TPSA) is 84.9 Å². The minimum Gasteiger partial charge on any atom is -0.481 e. The van der Waals surface area contributed by atoms with Crippen molar-refractivity contribution in [2.75, 3.05) is 45.8 Å². The van der Waals surface area contributed by atoms with Gasteiger partial charge in [0.25, 0.3) is 0 Å². The SMILES string of the molecule is CC1CC(C(=O)O)CCN1C(=O)NCCN1CCNCC1. The highest BCUT2D eigenvalue weighted by Gasteiger charge is 2.32. The van der Waals surface area contributed by atoms with E-state index in [9.17, 15) is 9.59 Å². The Labute approximate surface area is 125 Å². The molecule has 0 aromatic rings. The van der Waals surface area contributed by atoms with Crippen LogP contribution in [0.3, 0.4) is 0 Å². The summed E-state index contributed by atoms with van der Waals surface area (Å²) in [5.74, 6) is -1.06. The summed E-state index contributed by atoms with van der Waals surface area (Å²) in [7, 11) is 0. The van der Waals surface area contributed by atoms with Gasteiger partial charge in [0.2, 0.25) is 0 Å². The van der Waals surface area contributed by atoms with Gasteiger partial charge in [0.15, 0.2) is 0 Å². The maximum Gasteiger partial charge on any atom is 0.317 e. The summed E-state index contributed by atoms with van der Waals surface area (Å²) in [5.41, 5.74) is 0. The number of rotatable bonds is 4. The highest BCUT2D eigenvalue weighted by atomic mass is 16.4. The summed E-state index contributed by atoms with van der Waals surface area (Å²) in [4.78, 5) is 27.2. The first-order valence-corrected chi connectivity index (χ1v) is 7.78. The molecule has 2 unspecified atom stereocenters. The molecule has 0 aromatic heterocycles. The third-order valence-electron chi connectivity index (χ3n) is 4.40. The quantitative estimate of drug-likeness (QED) is 0.668. The second-order valence-electron chi connectivity index (χ2n) is 5.93. The number of hydrogen-bond acceptors (Lipinski definition) is 4. The molecule has 2 fully saturated rings. The molecule has 2 rings (SSSR count). The molecule has 21 heavy (non-hydrogen) atoms. The Morgan fingerprint density at radius 3 is 2.62 bits per heavy atom. The monoisotopic (exact) mass is 298 g/mol. The number of carboxylic acids is 1. The van der Waals surface area contributed by atoms with Gasteiger partial charge in [-0.3, -0.25) is 9.69 Å². The molecule has 0 bridgehead atoms. The number of aliphatic carboxylic acids is 1. The van der Waals surface area contributed by atoms with Crippen LogP contribution in [0.1, 0.15) is 19.8 Å². The third kappa shape index (κ3) is 4.57. The molecule has 0 aromatic carbocycles. The molecule has 0 aliphatic carbocycles. The van der Waals surface area contributed by atoms with Crippen molar-refractivity contribution in [1.29, 1.82) is 0 Å². The normalized spacial score (nSPS) is 27.4. The average molecular weight is 298 g/mol. The molecule has 7 nitrogen and oxygen atoms in total. The molecule has 2 aliphatic rings. The molecule has 2 saturated heterocycles. The van der Waals surface area contributed by atoms with Gasteiger partial charge in [-0.2, -0.15) is 0 Å². The Bertz CT molecular complexity index is 371. The molecule has 0 spiro atoms. The number of nitrogens with zero attached hydrogens (tertiary/aromatic N) is 2. The van der Waals surface area contributed by atoms with Crippen LogP contribution >= 0.6 is 0 Å². The summed E-state index contributed by atoms with van der Waals surface area (Å²) >= 11 is 0. The molecule has 2 aliphatic heterocycles. The Balaban J connectivity index is 1.69. The van der Waals surface area contributed by atoms with Gasteiger partial charge in [0.1, 0.15) is 0 Å². The van der Waals surface area contributed by atoms with Crippen LogP contribution in [0.15, 0.2) is 0 Å². The highest BCUT2D eigenvalue weighted by molar-refractivity contribution is 5.75. The van der Waals surface area contributed by atoms with Gasteiger partial charge in [-0.1, -0.05) is 0 Å². The van der Waals surface area contributed by atoms with Gasteiger partial charge in [-0.05, 0) is 19.8 Å². The molecule has 7 heteroatoms. The smallest absolute Gasteiger partial charge is 0.317 e. The van der Waals surface area contributed by atoms with Crippen molar-refractivity contribution >= 4 is 12.0 Å². The average Bonchev–Trinajstić information content (AvgIpc) is 2.48. The summed E-state index contributed by atoms with van der Waals surface area (Å²) < 4.78 is 0. The van der Waals surface area contributed by atoms with Crippen molar-refractivity contribution in [1.82, 2.24) is 20.4 Å². The predicted octanol–water partition coefficient (Wildman–Crippen LogP) is -0.214. The zero-order valence-corrected chi connectivity index (χ0v) is 12.7. The van der Waals surface area contributed by atoms with Gasteiger partial charge >= 0.3 is 12.0 Å². The minimum atomic E-state index is -0.749. The van der Waals surface area contributed by atoms with E-state index in [1.54, 1.807) is 4.90 Å². The van der Waals surface area contributed by atoms with Crippen LogP contribution in [0, 0.1) is 5.92 Å². The number of carbonyl (C=O) groups excluding carboxylic acids is 1. The summed E-state index contributed by atoms with van der Waals surface area (Å²) in [5, 5.41) is 15.3. The number of carbonyl (C=O) groups is 2. The molecular formula is C14H26N4O3. The van der Waals surface area contributed by atoms with Crippen molar-refractivity contribution in [2.24, 2.45) is 5.92 Å². The lowest BCUT2D eigenvalue weighted by Crippen LogP contribution is -2.52. The number of urea groups is 1. The van der Waals surface area contributed by atoms with E-state index in [-0.39, 0.29) is 18.0 Å². The van der Waals surface area contributed by atoms with Crippen LogP contribution in [0.25, 0.3) is 0 Å². The molecule has 2 amide bonds. The second-order valence-corrected chi connectivity index (χ2v) is 5.93.